The topological polar surface area (TPSA) is 29.3 Å². The Morgan fingerprint density at radius 1 is 1.08 bits per heavy atom. The van der Waals surface area contributed by atoms with E-state index in [-0.39, 0.29) is 0 Å². The number of hydrogen-bond acceptors (Lipinski definition) is 2. The number of hydrogen-bond donors (Lipinski definition) is 1. The van der Waals surface area contributed by atoms with Crippen molar-refractivity contribution in [2.45, 2.75) is 20.4 Å². The predicted octanol–water partition coefficient (Wildman–Crippen LogP) is 5.25. The third kappa shape index (κ3) is 3.10. The van der Waals surface area contributed by atoms with E-state index < -0.39 is 0 Å². The van der Waals surface area contributed by atoms with Crippen molar-refractivity contribution in [1.29, 1.82) is 0 Å². The number of rotatable bonds is 3. The molecule has 24 heavy (non-hydrogen) atoms. The maximum absolute atomic E-state index is 6.24. The van der Waals surface area contributed by atoms with E-state index >= 15 is 0 Å². The van der Waals surface area contributed by atoms with E-state index in [1.165, 1.54) is 5.56 Å². The Balaban J connectivity index is 2.03. The fraction of sp³-hybridized carbons (Fsp3) is 0.143. The molecular weight excluding hydrogens is 316 g/mol. The van der Waals surface area contributed by atoms with Gasteiger partial charge in [-0.25, -0.2) is 0 Å². The van der Waals surface area contributed by atoms with Gasteiger partial charge >= 0.3 is 0 Å². The van der Waals surface area contributed by atoms with Gasteiger partial charge in [0, 0.05) is 17.3 Å². The van der Waals surface area contributed by atoms with E-state index in [1.807, 2.05) is 37.3 Å². The Bertz CT molecular complexity index is 847. The van der Waals surface area contributed by atoms with Crippen LogP contribution in [0.3, 0.4) is 0 Å². The molecule has 0 saturated carbocycles. The minimum absolute atomic E-state index is 0.705. The monoisotopic (exact) mass is 336 g/mol. The molecule has 0 aromatic heterocycles. The van der Waals surface area contributed by atoms with Crippen LogP contribution in [0.15, 0.2) is 78.2 Å². The first kappa shape index (κ1) is 16.4. The average Bonchev–Trinajstić information content (AvgIpc) is 2.58. The summed E-state index contributed by atoms with van der Waals surface area (Å²) >= 11 is 6.09. The highest BCUT2D eigenvalue weighted by molar-refractivity contribution is 6.30. The maximum atomic E-state index is 6.24. The van der Waals surface area contributed by atoms with Gasteiger partial charge in [-0.05, 0) is 54.3 Å². The van der Waals surface area contributed by atoms with Gasteiger partial charge < -0.3 is 10.6 Å². The lowest BCUT2D eigenvalue weighted by atomic mass is 9.99. The molecule has 1 aliphatic rings. The third-order valence-electron chi connectivity index (χ3n) is 4.41. The van der Waals surface area contributed by atoms with Crippen molar-refractivity contribution in [3.8, 4) is 0 Å². The van der Waals surface area contributed by atoms with Crippen molar-refractivity contribution in [2.75, 3.05) is 0 Å². The molecule has 2 aromatic rings. The number of nitrogens with zero attached hydrogens (tertiary/aromatic N) is 1. The Kier molecular flexibility index (Phi) is 4.50. The number of nitrogens with two attached hydrogens (primary N) is 1. The van der Waals surface area contributed by atoms with Crippen LogP contribution in [0.5, 0.6) is 0 Å². The molecule has 1 aliphatic heterocycles. The molecule has 0 radical (unpaired) electrons. The molecule has 122 valence electrons. The number of aryl methyl sites for hydroxylation is 1. The molecule has 0 saturated heterocycles. The van der Waals surface area contributed by atoms with Crippen molar-refractivity contribution in [2.24, 2.45) is 5.73 Å². The zero-order valence-corrected chi connectivity index (χ0v) is 14.8. The van der Waals surface area contributed by atoms with Crippen LogP contribution in [0.1, 0.15) is 23.6 Å². The minimum Gasteiger partial charge on any atom is -0.397 e. The Morgan fingerprint density at radius 3 is 2.46 bits per heavy atom. The number of halogens is 1. The minimum atomic E-state index is 0.705. The zero-order valence-electron chi connectivity index (χ0n) is 14.0. The second kappa shape index (κ2) is 6.58. The lowest BCUT2D eigenvalue weighted by Gasteiger charge is -2.34. The molecule has 0 atom stereocenters. The van der Waals surface area contributed by atoms with Crippen LogP contribution < -0.4 is 5.73 Å². The van der Waals surface area contributed by atoms with Crippen molar-refractivity contribution < 1.29 is 0 Å². The summed E-state index contributed by atoms with van der Waals surface area (Å²) in [6, 6.07) is 16.3. The standard InChI is InChI=1S/C21H21ClN2/c1-14-11-19(22)10-9-18(14)13-24-16(3)21(23)15(2)12-20(24)17-7-5-4-6-8-17/h4-12H,3,13,23H2,1-2H3. The normalized spacial score (nSPS) is 14.9. The van der Waals surface area contributed by atoms with Gasteiger partial charge in [0.15, 0.2) is 0 Å². The molecule has 0 bridgehead atoms. The molecule has 0 fully saturated rings. The second-order valence-electron chi connectivity index (χ2n) is 6.10. The van der Waals surface area contributed by atoms with Crippen LogP contribution in [0.2, 0.25) is 5.02 Å². The molecule has 0 spiro atoms. The lowest BCUT2D eigenvalue weighted by molar-refractivity contribution is 0.484. The highest BCUT2D eigenvalue weighted by Gasteiger charge is 2.22. The van der Waals surface area contributed by atoms with Crippen LogP contribution in [0.25, 0.3) is 5.70 Å². The van der Waals surface area contributed by atoms with Crippen LogP contribution in [-0.2, 0) is 6.54 Å². The van der Waals surface area contributed by atoms with Gasteiger partial charge in [0.2, 0.25) is 0 Å². The highest BCUT2D eigenvalue weighted by Crippen LogP contribution is 2.34. The van der Waals surface area contributed by atoms with Crippen molar-refractivity contribution in [1.82, 2.24) is 4.90 Å². The Labute approximate surface area is 148 Å². The van der Waals surface area contributed by atoms with E-state index in [9.17, 15) is 0 Å². The molecule has 0 amide bonds. The summed E-state index contributed by atoms with van der Waals surface area (Å²) in [6.07, 6.45) is 2.13. The first-order valence-corrected chi connectivity index (χ1v) is 8.30. The first-order valence-electron chi connectivity index (χ1n) is 7.92. The molecule has 0 aliphatic carbocycles. The second-order valence-corrected chi connectivity index (χ2v) is 6.53. The lowest BCUT2D eigenvalue weighted by Crippen LogP contribution is -2.28. The van der Waals surface area contributed by atoms with E-state index in [0.717, 1.165) is 38.8 Å². The van der Waals surface area contributed by atoms with E-state index in [4.69, 9.17) is 17.3 Å². The molecule has 1 heterocycles. The summed E-state index contributed by atoms with van der Waals surface area (Å²) in [4.78, 5) is 2.17. The summed E-state index contributed by atoms with van der Waals surface area (Å²) in [5, 5.41) is 0.753. The number of allylic oxidation sites excluding steroid dienone is 2. The maximum Gasteiger partial charge on any atom is 0.0579 e. The van der Waals surface area contributed by atoms with Gasteiger partial charge in [-0.15, -0.1) is 0 Å². The van der Waals surface area contributed by atoms with Gasteiger partial charge in [-0.3, -0.25) is 0 Å². The first-order chi connectivity index (χ1) is 11.5. The fourth-order valence-electron chi connectivity index (χ4n) is 2.91. The smallest absolute Gasteiger partial charge is 0.0579 e. The number of benzene rings is 2. The van der Waals surface area contributed by atoms with Gasteiger partial charge in [-0.1, -0.05) is 54.6 Å². The largest absolute Gasteiger partial charge is 0.397 e. The fourth-order valence-corrected chi connectivity index (χ4v) is 3.14. The van der Waals surface area contributed by atoms with Crippen molar-refractivity contribution >= 4 is 17.3 Å². The van der Waals surface area contributed by atoms with Gasteiger partial charge in [-0.2, -0.15) is 0 Å². The summed E-state index contributed by atoms with van der Waals surface area (Å²) in [7, 11) is 0. The van der Waals surface area contributed by atoms with Gasteiger partial charge in [0.25, 0.3) is 0 Å². The van der Waals surface area contributed by atoms with Crippen LogP contribution in [0.4, 0.5) is 0 Å². The van der Waals surface area contributed by atoms with E-state index in [2.05, 4.69) is 42.7 Å². The molecule has 0 unspecified atom stereocenters. The van der Waals surface area contributed by atoms with Crippen LogP contribution >= 0.6 is 11.6 Å². The van der Waals surface area contributed by atoms with Crippen LogP contribution in [-0.4, -0.2) is 4.90 Å². The zero-order chi connectivity index (χ0) is 17.3. The summed E-state index contributed by atoms with van der Waals surface area (Å²) in [5.74, 6) is 0. The highest BCUT2D eigenvalue weighted by atomic mass is 35.5. The molecular formula is C21H21ClN2. The molecule has 2 N–H and O–H groups in total. The van der Waals surface area contributed by atoms with Crippen molar-refractivity contribution in [3.63, 3.8) is 0 Å². The van der Waals surface area contributed by atoms with Crippen molar-refractivity contribution in [3.05, 3.63) is 99.9 Å². The van der Waals surface area contributed by atoms with Gasteiger partial charge in [0.05, 0.1) is 11.4 Å². The van der Waals surface area contributed by atoms with Gasteiger partial charge in [0.1, 0.15) is 0 Å². The third-order valence-corrected chi connectivity index (χ3v) is 4.64. The van der Waals surface area contributed by atoms with Crippen LogP contribution in [0, 0.1) is 6.92 Å². The Morgan fingerprint density at radius 2 is 1.79 bits per heavy atom. The predicted molar refractivity (Wildman–Crippen MR) is 102 cm³/mol. The summed E-state index contributed by atoms with van der Waals surface area (Å²) in [6.45, 7) is 9.02. The molecule has 2 nitrogen and oxygen atoms in total. The molecule has 3 heteroatoms. The quantitative estimate of drug-likeness (QED) is 0.829. The summed E-state index contributed by atoms with van der Waals surface area (Å²) in [5.41, 5.74) is 13.5. The van der Waals surface area contributed by atoms with E-state index in [1.54, 1.807) is 0 Å². The average molecular weight is 337 g/mol. The summed E-state index contributed by atoms with van der Waals surface area (Å²) < 4.78 is 0. The molecule has 3 rings (SSSR count). The van der Waals surface area contributed by atoms with E-state index in [0.29, 0.717) is 6.54 Å². The Hall–Kier alpha value is -2.45. The SMILES string of the molecule is C=C1C(N)=C(C)C=C(c2ccccc2)N1Cc1ccc(Cl)cc1C. The molecule has 2 aromatic carbocycles.